The molecule has 0 spiro atoms. The Kier molecular flexibility index (Phi) is 6.07. The Bertz CT molecular complexity index is 479. The zero-order chi connectivity index (χ0) is 15.8. The molecule has 1 aliphatic heterocycles. The Hall–Kier alpha value is -1.75. The lowest BCUT2D eigenvalue weighted by atomic mass is 9.74. The molecule has 2 N–H and O–H groups in total. The lowest BCUT2D eigenvalue weighted by molar-refractivity contribution is 0.0514. The fourth-order valence-corrected chi connectivity index (χ4v) is 2.93. The van der Waals surface area contributed by atoms with Gasteiger partial charge in [0.05, 0.1) is 6.61 Å². The molecule has 2 rings (SSSR count). The van der Waals surface area contributed by atoms with E-state index >= 15 is 0 Å². The first-order valence-electron chi connectivity index (χ1n) is 7.93. The number of nitrogens with one attached hydrogen (secondary N) is 2. The van der Waals surface area contributed by atoms with Crippen molar-refractivity contribution in [3.8, 4) is 5.75 Å². The van der Waals surface area contributed by atoms with E-state index in [0.29, 0.717) is 6.61 Å². The van der Waals surface area contributed by atoms with Gasteiger partial charge in [-0.25, -0.2) is 0 Å². The van der Waals surface area contributed by atoms with Crippen molar-refractivity contribution in [2.75, 3.05) is 40.5 Å². The molecule has 0 radical (unpaired) electrons. The van der Waals surface area contributed by atoms with Gasteiger partial charge in [-0.2, -0.15) is 0 Å². The van der Waals surface area contributed by atoms with Crippen LogP contribution in [0.3, 0.4) is 0 Å². The molecule has 122 valence electrons. The molecule has 0 aliphatic carbocycles. The largest absolute Gasteiger partial charge is 0.494 e. The van der Waals surface area contributed by atoms with Gasteiger partial charge in [0.15, 0.2) is 5.96 Å². The summed E-state index contributed by atoms with van der Waals surface area (Å²) < 4.78 is 11.1. The molecule has 5 heteroatoms. The van der Waals surface area contributed by atoms with Crippen LogP contribution < -0.4 is 15.4 Å². The minimum absolute atomic E-state index is 0.0792. The van der Waals surface area contributed by atoms with E-state index in [1.807, 2.05) is 14.0 Å². The van der Waals surface area contributed by atoms with Crippen LogP contribution in [0, 0.1) is 0 Å². The quantitative estimate of drug-likeness (QED) is 0.645. The SMILES string of the molecule is CCOc1ccc(C2(CNC(=NC)NC)CCOCC2)cc1. The van der Waals surface area contributed by atoms with Gasteiger partial charge in [0, 0.05) is 39.3 Å². The van der Waals surface area contributed by atoms with Crippen LogP contribution in [0.2, 0.25) is 0 Å². The van der Waals surface area contributed by atoms with E-state index < -0.39 is 0 Å². The zero-order valence-corrected chi connectivity index (χ0v) is 13.8. The van der Waals surface area contributed by atoms with Gasteiger partial charge in [-0.3, -0.25) is 4.99 Å². The first-order chi connectivity index (χ1) is 10.7. The zero-order valence-electron chi connectivity index (χ0n) is 13.8. The van der Waals surface area contributed by atoms with E-state index in [9.17, 15) is 0 Å². The summed E-state index contributed by atoms with van der Waals surface area (Å²) in [6.07, 6.45) is 2.02. The van der Waals surface area contributed by atoms with E-state index in [-0.39, 0.29) is 5.41 Å². The Morgan fingerprint density at radius 2 is 1.95 bits per heavy atom. The fourth-order valence-electron chi connectivity index (χ4n) is 2.93. The molecule has 1 aromatic carbocycles. The number of aliphatic imine (C=N–C) groups is 1. The van der Waals surface area contributed by atoms with Crippen molar-refractivity contribution in [1.29, 1.82) is 0 Å². The van der Waals surface area contributed by atoms with Crippen LogP contribution in [0.5, 0.6) is 5.75 Å². The second kappa shape index (κ2) is 8.03. The minimum atomic E-state index is 0.0792. The number of hydrogen-bond donors (Lipinski definition) is 2. The van der Waals surface area contributed by atoms with Gasteiger partial charge in [-0.05, 0) is 37.5 Å². The molecule has 1 saturated heterocycles. The van der Waals surface area contributed by atoms with Crippen molar-refractivity contribution >= 4 is 5.96 Å². The number of guanidine groups is 1. The molecule has 0 unspecified atom stereocenters. The van der Waals surface area contributed by atoms with Gasteiger partial charge in [0.1, 0.15) is 5.75 Å². The second-order valence-corrected chi connectivity index (χ2v) is 5.53. The Balaban J connectivity index is 2.17. The van der Waals surface area contributed by atoms with Gasteiger partial charge in [-0.1, -0.05) is 12.1 Å². The topological polar surface area (TPSA) is 54.9 Å². The maximum absolute atomic E-state index is 5.57. The maximum atomic E-state index is 5.57. The van der Waals surface area contributed by atoms with Crippen LogP contribution in [0.1, 0.15) is 25.3 Å². The highest BCUT2D eigenvalue weighted by molar-refractivity contribution is 5.79. The minimum Gasteiger partial charge on any atom is -0.494 e. The summed E-state index contributed by atoms with van der Waals surface area (Å²) in [5, 5.41) is 6.49. The molecule has 0 aromatic heterocycles. The first kappa shape index (κ1) is 16.6. The molecular weight excluding hydrogens is 278 g/mol. The van der Waals surface area contributed by atoms with E-state index in [1.54, 1.807) is 7.05 Å². The van der Waals surface area contributed by atoms with Gasteiger partial charge in [0.25, 0.3) is 0 Å². The smallest absolute Gasteiger partial charge is 0.190 e. The maximum Gasteiger partial charge on any atom is 0.190 e. The summed E-state index contributed by atoms with van der Waals surface area (Å²) in [6.45, 7) is 5.14. The highest BCUT2D eigenvalue weighted by Gasteiger charge is 2.34. The lowest BCUT2D eigenvalue weighted by Crippen LogP contribution is -2.47. The number of rotatable bonds is 5. The highest BCUT2D eigenvalue weighted by Crippen LogP contribution is 2.35. The standard InChI is InChI=1S/C17H27N3O2/c1-4-22-15-7-5-14(6-8-15)17(9-11-21-12-10-17)13-20-16(18-2)19-3/h5-8H,4,9-13H2,1-3H3,(H2,18,19,20). The molecular formula is C17H27N3O2. The van der Waals surface area contributed by atoms with Crippen molar-refractivity contribution in [2.45, 2.75) is 25.2 Å². The molecule has 1 heterocycles. The lowest BCUT2D eigenvalue weighted by Gasteiger charge is -2.38. The molecule has 0 amide bonds. The summed E-state index contributed by atoms with van der Waals surface area (Å²) in [5.74, 6) is 1.74. The summed E-state index contributed by atoms with van der Waals surface area (Å²) in [7, 11) is 3.66. The third kappa shape index (κ3) is 3.91. The summed E-state index contributed by atoms with van der Waals surface area (Å²) in [4.78, 5) is 4.20. The van der Waals surface area contributed by atoms with Crippen molar-refractivity contribution in [3.05, 3.63) is 29.8 Å². The van der Waals surface area contributed by atoms with Crippen molar-refractivity contribution in [1.82, 2.24) is 10.6 Å². The highest BCUT2D eigenvalue weighted by atomic mass is 16.5. The fraction of sp³-hybridized carbons (Fsp3) is 0.588. The predicted octanol–water partition coefficient (Wildman–Crippen LogP) is 1.93. The molecule has 0 saturated carbocycles. The average Bonchev–Trinajstić information content (AvgIpc) is 2.57. The third-order valence-corrected chi connectivity index (χ3v) is 4.28. The predicted molar refractivity (Wildman–Crippen MR) is 89.8 cm³/mol. The molecule has 0 bridgehead atoms. The van der Waals surface area contributed by atoms with Crippen LogP contribution in [0.4, 0.5) is 0 Å². The Morgan fingerprint density at radius 1 is 1.27 bits per heavy atom. The Morgan fingerprint density at radius 3 is 2.50 bits per heavy atom. The number of ether oxygens (including phenoxy) is 2. The van der Waals surface area contributed by atoms with Gasteiger partial charge < -0.3 is 20.1 Å². The summed E-state index contributed by atoms with van der Waals surface area (Å²) in [6, 6.07) is 8.48. The van der Waals surface area contributed by atoms with Gasteiger partial charge >= 0.3 is 0 Å². The van der Waals surface area contributed by atoms with E-state index in [4.69, 9.17) is 9.47 Å². The van der Waals surface area contributed by atoms with Crippen LogP contribution >= 0.6 is 0 Å². The normalized spacial score (nSPS) is 17.9. The van der Waals surface area contributed by atoms with Crippen LogP contribution in [-0.2, 0) is 10.2 Å². The van der Waals surface area contributed by atoms with E-state index in [0.717, 1.165) is 44.3 Å². The second-order valence-electron chi connectivity index (χ2n) is 5.53. The molecule has 5 nitrogen and oxygen atoms in total. The van der Waals surface area contributed by atoms with Gasteiger partial charge in [0.2, 0.25) is 0 Å². The summed E-state index contributed by atoms with van der Waals surface area (Å²) >= 11 is 0. The molecule has 0 atom stereocenters. The van der Waals surface area contributed by atoms with Crippen LogP contribution in [0.15, 0.2) is 29.3 Å². The molecule has 1 fully saturated rings. The van der Waals surface area contributed by atoms with Crippen molar-refractivity contribution < 1.29 is 9.47 Å². The van der Waals surface area contributed by atoms with Crippen molar-refractivity contribution in [2.24, 2.45) is 4.99 Å². The first-order valence-corrected chi connectivity index (χ1v) is 7.93. The molecule has 22 heavy (non-hydrogen) atoms. The number of benzene rings is 1. The summed E-state index contributed by atoms with van der Waals surface area (Å²) in [5.41, 5.74) is 1.41. The van der Waals surface area contributed by atoms with Gasteiger partial charge in [-0.15, -0.1) is 0 Å². The van der Waals surface area contributed by atoms with E-state index in [1.165, 1.54) is 5.56 Å². The molecule has 1 aromatic rings. The molecule has 1 aliphatic rings. The Labute approximate surface area is 133 Å². The average molecular weight is 305 g/mol. The van der Waals surface area contributed by atoms with Crippen molar-refractivity contribution in [3.63, 3.8) is 0 Å². The van der Waals surface area contributed by atoms with Crippen LogP contribution in [-0.4, -0.2) is 46.4 Å². The number of hydrogen-bond acceptors (Lipinski definition) is 3. The monoisotopic (exact) mass is 305 g/mol. The van der Waals surface area contributed by atoms with E-state index in [2.05, 4.69) is 39.9 Å². The third-order valence-electron chi connectivity index (χ3n) is 4.28. The van der Waals surface area contributed by atoms with Crippen LogP contribution in [0.25, 0.3) is 0 Å². The number of nitrogens with zero attached hydrogens (tertiary/aromatic N) is 1.